The molecule has 0 aromatic carbocycles. The van der Waals surface area contributed by atoms with Gasteiger partial charge in [-0.3, -0.25) is 5.41 Å². The first-order valence-corrected chi connectivity index (χ1v) is 7.76. The van der Waals surface area contributed by atoms with Gasteiger partial charge >= 0.3 is 5.97 Å². The average Bonchev–Trinajstić information content (AvgIpc) is 2.88. The molecule has 116 valence electrons. The fraction of sp³-hybridized carbons (Fsp3) is 0.438. The van der Waals surface area contributed by atoms with Gasteiger partial charge in [-0.2, -0.15) is 5.26 Å². The first-order chi connectivity index (χ1) is 10.2. The molecule has 0 saturated carbocycles. The van der Waals surface area contributed by atoms with Gasteiger partial charge in [0.25, 0.3) is 0 Å². The van der Waals surface area contributed by atoms with Crippen LogP contribution in [0.25, 0.3) is 0 Å². The van der Waals surface area contributed by atoms with Crippen LogP contribution in [-0.4, -0.2) is 17.5 Å². The highest BCUT2D eigenvalue weighted by Crippen LogP contribution is 2.41. The first kappa shape index (κ1) is 16.2. The highest BCUT2D eigenvalue weighted by atomic mass is 32.1. The van der Waals surface area contributed by atoms with Gasteiger partial charge in [0, 0.05) is 4.88 Å². The summed E-state index contributed by atoms with van der Waals surface area (Å²) in [4.78, 5) is 13.4. The second-order valence-electron chi connectivity index (χ2n) is 6.04. The molecule has 0 saturated heterocycles. The van der Waals surface area contributed by atoms with Crippen LogP contribution in [0.4, 0.5) is 0 Å². The first-order valence-electron chi connectivity index (χ1n) is 6.88. The minimum absolute atomic E-state index is 0.134. The lowest BCUT2D eigenvalue weighted by molar-refractivity contribution is -0.150. The lowest BCUT2D eigenvalue weighted by Gasteiger charge is -2.31. The van der Waals surface area contributed by atoms with Crippen LogP contribution in [0.1, 0.15) is 38.5 Å². The summed E-state index contributed by atoms with van der Waals surface area (Å²) in [5, 5.41) is 19.2. The zero-order chi connectivity index (χ0) is 16.5. The minimum Gasteiger partial charge on any atom is -0.456 e. The molecule has 22 heavy (non-hydrogen) atoms. The van der Waals surface area contributed by atoms with Crippen LogP contribution < -0.4 is 0 Å². The molecule has 0 bridgehead atoms. The molecule has 2 unspecified atom stereocenters. The van der Waals surface area contributed by atoms with E-state index in [1.54, 1.807) is 27.7 Å². The lowest BCUT2D eigenvalue weighted by Crippen LogP contribution is -2.35. The van der Waals surface area contributed by atoms with Gasteiger partial charge in [-0.15, -0.1) is 11.3 Å². The fourth-order valence-electron chi connectivity index (χ4n) is 2.33. The Morgan fingerprint density at radius 1 is 1.50 bits per heavy atom. The molecule has 6 heteroatoms. The molecule has 2 rings (SSSR count). The Morgan fingerprint density at radius 2 is 2.18 bits per heavy atom. The topological polar surface area (TPSA) is 83.2 Å². The Morgan fingerprint density at radius 3 is 2.68 bits per heavy atom. The van der Waals surface area contributed by atoms with Crippen molar-refractivity contribution in [3.8, 4) is 6.07 Å². The molecular weight excluding hydrogens is 300 g/mol. The van der Waals surface area contributed by atoms with Crippen molar-refractivity contribution in [2.24, 2.45) is 5.92 Å². The number of hydrogen-bond donors (Lipinski definition) is 1. The summed E-state index contributed by atoms with van der Waals surface area (Å²) >= 11 is 1.45. The highest BCUT2D eigenvalue weighted by molar-refractivity contribution is 7.10. The van der Waals surface area contributed by atoms with Crippen LogP contribution in [0.15, 0.2) is 28.8 Å². The molecule has 1 N–H and O–H groups in total. The molecule has 5 nitrogen and oxygen atoms in total. The van der Waals surface area contributed by atoms with Gasteiger partial charge in [0.15, 0.2) is 0 Å². The van der Waals surface area contributed by atoms with E-state index >= 15 is 0 Å². The van der Waals surface area contributed by atoms with Gasteiger partial charge in [0.2, 0.25) is 5.90 Å². The third-order valence-corrected chi connectivity index (χ3v) is 4.13. The van der Waals surface area contributed by atoms with Crippen molar-refractivity contribution in [1.29, 1.82) is 10.7 Å². The van der Waals surface area contributed by atoms with Gasteiger partial charge in [-0.25, -0.2) is 4.79 Å². The van der Waals surface area contributed by atoms with Crippen molar-refractivity contribution >= 4 is 23.2 Å². The van der Waals surface area contributed by atoms with Crippen molar-refractivity contribution in [3.63, 3.8) is 0 Å². The number of ether oxygens (including phenoxy) is 2. The number of carbonyl (C=O) groups is 1. The minimum atomic E-state index is -0.829. The summed E-state index contributed by atoms with van der Waals surface area (Å²) in [6.07, 6.45) is 0. The quantitative estimate of drug-likeness (QED) is 0.845. The molecule has 2 heterocycles. The number of esters is 1. The number of nitrogens with zero attached hydrogens (tertiary/aromatic N) is 1. The van der Waals surface area contributed by atoms with Crippen molar-refractivity contribution in [2.75, 3.05) is 0 Å². The molecule has 1 aliphatic heterocycles. The maximum Gasteiger partial charge on any atom is 0.338 e. The zero-order valence-corrected chi connectivity index (χ0v) is 13.8. The zero-order valence-electron chi connectivity index (χ0n) is 13.0. The number of rotatable bonds is 2. The van der Waals surface area contributed by atoms with E-state index in [-0.39, 0.29) is 5.90 Å². The summed E-state index contributed by atoms with van der Waals surface area (Å²) in [6, 6.07) is 5.79. The highest BCUT2D eigenvalue weighted by Gasteiger charge is 2.42. The molecule has 0 fully saturated rings. The lowest BCUT2D eigenvalue weighted by atomic mass is 9.82. The van der Waals surface area contributed by atoms with Gasteiger partial charge in [-0.1, -0.05) is 6.07 Å². The Balaban J connectivity index is 2.51. The van der Waals surface area contributed by atoms with Crippen molar-refractivity contribution in [2.45, 2.75) is 39.2 Å². The van der Waals surface area contributed by atoms with Crippen LogP contribution in [0.5, 0.6) is 0 Å². The van der Waals surface area contributed by atoms with Crippen LogP contribution in [-0.2, 0) is 14.3 Å². The van der Waals surface area contributed by atoms with E-state index in [0.29, 0.717) is 11.3 Å². The Hall–Kier alpha value is -2.13. The Labute approximate surface area is 133 Å². The van der Waals surface area contributed by atoms with Crippen molar-refractivity contribution in [1.82, 2.24) is 0 Å². The van der Waals surface area contributed by atoms with E-state index in [4.69, 9.17) is 14.9 Å². The molecule has 1 aliphatic rings. The van der Waals surface area contributed by atoms with Gasteiger partial charge in [-0.05, 0) is 39.1 Å². The van der Waals surface area contributed by atoms with E-state index in [0.717, 1.165) is 4.88 Å². The summed E-state index contributed by atoms with van der Waals surface area (Å²) in [7, 11) is 0. The monoisotopic (exact) mass is 318 g/mol. The van der Waals surface area contributed by atoms with E-state index in [9.17, 15) is 10.1 Å². The molecule has 2 atom stereocenters. The normalized spacial score (nSPS) is 22.0. The van der Waals surface area contributed by atoms with Crippen LogP contribution in [0, 0.1) is 22.7 Å². The van der Waals surface area contributed by atoms with Crippen LogP contribution >= 0.6 is 11.3 Å². The number of nitrogens with one attached hydrogen (secondary N) is 1. The summed E-state index contributed by atoms with van der Waals surface area (Å²) < 4.78 is 10.8. The van der Waals surface area contributed by atoms with E-state index < -0.39 is 23.4 Å². The summed E-state index contributed by atoms with van der Waals surface area (Å²) in [5.74, 6) is -1.67. The average molecular weight is 318 g/mol. The number of allylic oxidation sites excluding steroid dienone is 1. The second kappa shape index (κ2) is 5.93. The molecule has 0 radical (unpaired) electrons. The number of nitriles is 1. The van der Waals surface area contributed by atoms with E-state index in [1.807, 2.05) is 17.5 Å². The second-order valence-corrected chi connectivity index (χ2v) is 7.02. The SMILES string of the molecule is CC1=C(C(=O)OC(C)(C)C)C(c2cccs2)C(C#N)C(=N)O1. The smallest absolute Gasteiger partial charge is 0.338 e. The fourth-order valence-corrected chi connectivity index (χ4v) is 3.20. The largest absolute Gasteiger partial charge is 0.456 e. The third kappa shape index (κ3) is 3.20. The van der Waals surface area contributed by atoms with Crippen molar-refractivity contribution < 1.29 is 14.3 Å². The third-order valence-electron chi connectivity index (χ3n) is 3.18. The van der Waals surface area contributed by atoms with Gasteiger partial charge in [0.05, 0.1) is 17.6 Å². The summed E-state index contributed by atoms with van der Waals surface area (Å²) in [5.41, 5.74) is -0.322. The molecule has 1 aromatic rings. The van der Waals surface area contributed by atoms with Crippen LogP contribution in [0.2, 0.25) is 0 Å². The molecule has 0 spiro atoms. The summed E-state index contributed by atoms with van der Waals surface area (Å²) in [6.45, 7) is 6.99. The molecule has 0 aliphatic carbocycles. The molecule has 0 amide bonds. The van der Waals surface area contributed by atoms with Gasteiger partial charge < -0.3 is 9.47 Å². The maximum atomic E-state index is 12.6. The predicted molar refractivity (Wildman–Crippen MR) is 83.5 cm³/mol. The number of carbonyl (C=O) groups excluding carboxylic acids is 1. The predicted octanol–water partition coefficient (Wildman–Crippen LogP) is 3.59. The van der Waals surface area contributed by atoms with E-state index in [1.165, 1.54) is 11.3 Å². The van der Waals surface area contributed by atoms with Gasteiger partial charge in [0.1, 0.15) is 17.3 Å². The van der Waals surface area contributed by atoms with E-state index in [2.05, 4.69) is 6.07 Å². The Kier molecular flexibility index (Phi) is 4.38. The maximum absolute atomic E-state index is 12.6. The van der Waals surface area contributed by atoms with Crippen LogP contribution in [0.3, 0.4) is 0 Å². The standard InChI is InChI=1S/C16H18N2O3S/c1-9-12(15(19)21-16(2,3)4)13(11-6-5-7-22-11)10(8-17)14(18)20-9/h5-7,10,13,18H,1-4H3. The Bertz CT molecular complexity index is 663. The number of thiophene rings is 1. The number of hydrogen-bond acceptors (Lipinski definition) is 6. The molecule has 1 aromatic heterocycles. The molecular formula is C16H18N2O3S. The van der Waals surface area contributed by atoms with Crippen molar-refractivity contribution in [3.05, 3.63) is 33.7 Å².